The number of hydrogen-bond donors (Lipinski definition) is 3. The van der Waals surface area contributed by atoms with Crippen LogP contribution in [0.3, 0.4) is 0 Å². The average molecular weight is 532 g/mol. The van der Waals surface area contributed by atoms with Crippen LogP contribution < -0.4 is 5.32 Å². The van der Waals surface area contributed by atoms with Gasteiger partial charge in [-0.1, -0.05) is 30.3 Å². The molecular formula is C26H35BF2N4O5. The summed E-state index contributed by atoms with van der Waals surface area (Å²) in [6.07, 6.45) is 2.55. The Balaban J connectivity index is 1.63. The Morgan fingerprint density at radius 3 is 2.61 bits per heavy atom. The van der Waals surface area contributed by atoms with E-state index in [4.69, 9.17) is 4.74 Å². The van der Waals surface area contributed by atoms with E-state index in [9.17, 15) is 33.7 Å². The standard InChI is InChI=1S/C26H35BF2N4O5/c1-25(2,32-13-11-26(28,29)18-32)15-20(16-30)23(34)33-12-7-6-10-21(33)17-38-24(35)31-22(27(36)37)14-19-8-4-3-5-9-19/h3-5,8-9,15,21-22,36-37H,6-7,10-14,17-18H2,1-2H3,(H,31,35)/b20-15+/t21-,22+/m1/s1. The Morgan fingerprint density at radius 2 is 2.00 bits per heavy atom. The molecule has 9 nitrogen and oxygen atoms in total. The summed E-state index contributed by atoms with van der Waals surface area (Å²) in [5.74, 6) is -4.33. The minimum atomic E-state index is -2.80. The van der Waals surface area contributed by atoms with E-state index in [0.717, 1.165) is 12.0 Å². The molecule has 2 atom stereocenters. The number of rotatable bonds is 9. The number of halogens is 2. The molecule has 38 heavy (non-hydrogen) atoms. The lowest BCUT2D eigenvalue weighted by Crippen LogP contribution is -2.50. The van der Waals surface area contributed by atoms with Crippen molar-refractivity contribution in [2.75, 3.05) is 26.2 Å². The second-order valence-electron chi connectivity index (χ2n) is 10.5. The summed E-state index contributed by atoms with van der Waals surface area (Å²) in [4.78, 5) is 28.8. The monoisotopic (exact) mass is 532 g/mol. The van der Waals surface area contributed by atoms with Gasteiger partial charge in [0.25, 0.3) is 11.8 Å². The zero-order valence-corrected chi connectivity index (χ0v) is 21.8. The van der Waals surface area contributed by atoms with Crippen LogP contribution >= 0.6 is 0 Å². The van der Waals surface area contributed by atoms with Crippen LogP contribution in [0.15, 0.2) is 42.0 Å². The predicted octanol–water partition coefficient (Wildman–Crippen LogP) is 2.29. The third-order valence-corrected chi connectivity index (χ3v) is 7.09. The molecule has 0 unspecified atom stereocenters. The van der Waals surface area contributed by atoms with E-state index in [1.807, 2.05) is 12.1 Å². The highest BCUT2D eigenvalue weighted by Gasteiger charge is 2.43. The van der Waals surface area contributed by atoms with Gasteiger partial charge in [0.15, 0.2) is 0 Å². The quantitative estimate of drug-likeness (QED) is 0.253. The first kappa shape index (κ1) is 29.5. The van der Waals surface area contributed by atoms with Gasteiger partial charge in [-0.3, -0.25) is 9.69 Å². The molecular weight excluding hydrogens is 497 g/mol. The number of likely N-dealkylation sites (tertiary alicyclic amines) is 2. The van der Waals surface area contributed by atoms with Gasteiger partial charge in [0.1, 0.15) is 18.2 Å². The summed E-state index contributed by atoms with van der Waals surface area (Å²) in [5, 5.41) is 31.6. The predicted molar refractivity (Wildman–Crippen MR) is 137 cm³/mol. The van der Waals surface area contributed by atoms with Gasteiger partial charge >= 0.3 is 13.2 Å². The maximum absolute atomic E-state index is 13.8. The highest BCUT2D eigenvalue weighted by molar-refractivity contribution is 6.43. The largest absolute Gasteiger partial charge is 0.475 e. The molecule has 3 N–H and O–H groups in total. The van der Waals surface area contributed by atoms with Gasteiger partial charge in [-0.25, -0.2) is 13.6 Å². The molecule has 0 aliphatic carbocycles. The average Bonchev–Trinajstić information content (AvgIpc) is 3.26. The fourth-order valence-electron chi connectivity index (χ4n) is 4.87. The number of nitrogens with zero attached hydrogens (tertiary/aromatic N) is 3. The molecule has 0 bridgehead atoms. The number of hydrogen-bond acceptors (Lipinski definition) is 7. The summed E-state index contributed by atoms with van der Waals surface area (Å²) in [7, 11) is -1.81. The zero-order chi connectivity index (χ0) is 27.9. The molecule has 1 aromatic rings. The van der Waals surface area contributed by atoms with Crippen LogP contribution in [0.2, 0.25) is 0 Å². The Kier molecular flexibility index (Phi) is 9.87. The van der Waals surface area contributed by atoms with Crippen LogP contribution in [-0.4, -0.2) is 88.7 Å². The molecule has 12 heteroatoms. The normalized spacial score (nSPS) is 20.9. The van der Waals surface area contributed by atoms with Crippen LogP contribution in [-0.2, 0) is 16.0 Å². The fourth-order valence-corrected chi connectivity index (χ4v) is 4.87. The Bertz CT molecular complexity index is 1050. The maximum atomic E-state index is 13.8. The summed E-state index contributed by atoms with van der Waals surface area (Å²) in [6.45, 7) is 3.33. The number of nitriles is 1. The van der Waals surface area contributed by atoms with E-state index in [1.54, 1.807) is 43.0 Å². The van der Waals surface area contributed by atoms with E-state index in [2.05, 4.69) is 5.32 Å². The van der Waals surface area contributed by atoms with Crippen molar-refractivity contribution in [3.63, 3.8) is 0 Å². The summed E-state index contributed by atoms with van der Waals surface area (Å²) < 4.78 is 32.8. The van der Waals surface area contributed by atoms with Crippen LogP contribution in [0.5, 0.6) is 0 Å². The molecule has 0 saturated carbocycles. The smallest absolute Gasteiger partial charge is 0.447 e. The van der Waals surface area contributed by atoms with E-state index < -0.39 is 49.1 Å². The van der Waals surface area contributed by atoms with Crippen molar-refractivity contribution < 1.29 is 33.2 Å². The molecule has 0 radical (unpaired) electrons. The van der Waals surface area contributed by atoms with Crippen molar-refractivity contribution in [2.24, 2.45) is 0 Å². The van der Waals surface area contributed by atoms with E-state index in [-0.39, 0.29) is 31.6 Å². The number of carbonyl (C=O) groups excluding carboxylic acids is 2. The van der Waals surface area contributed by atoms with Gasteiger partial charge in [-0.05, 0) is 51.2 Å². The molecule has 2 amide bonds. The fraction of sp³-hybridized carbons (Fsp3) is 0.577. The van der Waals surface area contributed by atoms with Gasteiger partial charge in [0.05, 0.1) is 18.5 Å². The number of piperidine rings is 1. The molecule has 3 rings (SSSR count). The van der Waals surface area contributed by atoms with Crippen molar-refractivity contribution in [1.82, 2.24) is 15.1 Å². The van der Waals surface area contributed by atoms with E-state index in [0.29, 0.717) is 19.4 Å². The van der Waals surface area contributed by atoms with Crippen molar-refractivity contribution in [1.29, 1.82) is 5.26 Å². The maximum Gasteiger partial charge on any atom is 0.475 e. The molecule has 2 aliphatic heterocycles. The van der Waals surface area contributed by atoms with Gasteiger partial charge in [-0.15, -0.1) is 0 Å². The molecule has 0 aromatic heterocycles. The number of ether oxygens (including phenoxy) is 1. The van der Waals surface area contributed by atoms with Crippen LogP contribution in [0.4, 0.5) is 13.6 Å². The minimum absolute atomic E-state index is 0.141. The number of carbonyl (C=O) groups is 2. The van der Waals surface area contributed by atoms with Crippen LogP contribution in [0.1, 0.15) is 45.1 Å². The lowest BCUT2D eigenvalue weighted by atomic mass is 9.76. The zero-order valence-electron chi connectivity index (χ0n) is 21.8. The first-order valence-electron chi connectivity index (χ1n) is 12.8. The van der Waals surface area contributed by atoms with Crippen molar-refractivity contribution in [2.45, 2.75) is 69.4 Å². The van der Waals surface area contributed by atoms with Crippen molar-refractivity contribution in [3.8, 4) is 6.07 Å². The third-order valence-electron chi connectivity index (χ3n) is 7.09. The van der Waals surface area contributed by atoms with Gasteiger partial charge in [-0.2, -0.15) is 5.26 Å². The summed E-state index contributed by atoms with van der Waals surface area (Å²) in [6, 6.07) is 10.5. The summed E-state index contributed by atoms with van der Waals surface area (Å²) >= 11 is 0. The highest BCUT2D eigenvalue weighted by Crippen LogP contribution is 2.33. The Morgan fingerprint density at radius 1 is 1.29 bits per heavy atom. The first-order chi connectivity index (χ1) is 17.9. The third kappa shape index (κ3) is 8.00. The van der Waals surface area contributed by atoms with E-state index >= 15 is 0 Å². The van der Waals surface area contributed by atoms with Gasteiger partial charge < -0.3 is 25.0 Å². The molecule has 1 aromatic carbocycles. The molecule has 2 heterocycles. The highest BCUT2D eigenvalue weighted by atomic mass is 19.3. The minimum Gasteiger partial charge on any atom is -0.447 e. The van der Waals surface area contributed by atoms with E-state index in [1.165, 1.54) is 11.0 Å². The second kappa shape index (κ2) is 12.7. The number of alkyl carbamates (subject to hydrolysis) is 1. The topological polar surface area (TPSA) is 126 Å². The number of benzene rings is 1. The summed E-state index contributed by atoms with van der Waals surface area (Å²) in [5.41, 5.74) is -0.277. The van der Waals surface area contributed by atoms with Crippen molar-refractivity contribution >= 4 is 19.1 Å². The Labute approximate surface area is 222 Å². The number of alkyl halides is 2. The molecule has 0 spiro atoms. The molecule has 2 aliphatic rings. The molecule has 206 valence electrons. The molecule has 2 fully saturated rings. The molecule has 2 saturated heterocycles. The second-order valence-corrected chi connectivity index (χ2v) is 10.5. The Hall–Kier alpha value is -3.01. The van der Waals surface area contributed by atoms with Gasteiger partial charge in [0.2, 0.25) is 0 Å². The van der Waals surface area contributed by atoms with Crippen molar-refractivity contribution in [3.05, 3.63) is 47.5 Å². The lowest BCUT2D eigenvalue weighted by Gasteiger charge is -2.36. The lowest BCUT2D eigenvalue weighted by molar-refractivity contribution is -0.131. The SMILES string of the molecule is CC(C)(/C=C(\C#N)C(=O)N1CCCC[C@@H]1COC(=O)N[C@@H](Cc1ccccc1)B(O)O)N1CCC(F)(F)C1. The number of amides is 2. The van der Waals surface area contributed by atoms with Crippen LogP contribution in [0.25, 0.3) is 0 Å². The first-order valence-corrected chi connectivity index (χ1v) is 12.8. The van der Waals surface area contributed by atoms with Gasteiger partial charge in [0, 0.05) is 25.0 Å². The number of nitrogens with one attached hydrogen (secondary N) is 1. The van der Waals surface area contributed by atoms with Crippen LogP contribution in [0, 0.1) is 11.3 Å².